The van der Waals surface area contributed by atoms with Crippen LogP contribution in [0, 0.1) is 11.3 Å². The number of benzene rings is 2. The molecule has 4 rings (SSSR count). The molecular formula is C20H10Br2N2O2. The third-order valence-electron chi connectivity index (χ3n) is 4.06. The predicted molar refractivity (Wildman–Crippen MR) is 106 cm³/mol. The Labute approximate surface area is 165 Å². The van der Waals surface area contributed by atoms with Gasteiger partial charge in [-0.1, -0.05) is 34.1 Å². The quantitative estimate of drug-likeness (QED) is 0.362. The van der Waals surface area contributed by atoms with Crippen LogP contribution in [0.5, 0.6) is 0 Å². The number of halogens is 2. The van der Waals surface area contributed by atoms with Crippen LogP contribution >= 0.6 is 31.9 Å². The smallest absolute Gasteiger partial charge is 0.298 e. The maximum absolute atomic E-state index is 12.9. The minimum atomic E-state index is -0.317. The second-order valence-electron chi connectivity index (χ2n) is 5.63. The van der Waals surface area contributed by atoms with Gasteiger partial charge in [0.05, 0.1) is 11.1 Å². The number of carbonyl (C=O) groups is 1. The van der Waals surface area contributed by atoms with E-state index in [0.29, 0.717) is 16.8 Å². The Kier molecular flexibility index (Phi) is 4.27. The minimum absolute atomic E-state index is 0.208. The van der Waals surface area contributed by atoms with Crippen molar-refractivity contribution in [3.63, 3.8) is 0 Å². The predicted octanol–water partition coefficient (Wildman–Crippen LogP) is 5.99. The van der Waals surface area contributed by atoms with Gasteiger partial charge in [0.1, 0.15) is 11.8 Å². The topological polar surface area (TPSA) is 58.9 Å². The van der Waals surface area contributed by atoms with Gasteiger partial charge in [0.2, 0.25) is 0 Å². The molecule has 0 aliphatic rings. The molecule has 2 heterocycles. The van der Waals surface area contributed by atoms with Gasteiger partial charge in [-0.15, -0.1) is 0 Å². The van der Waals surface area contributed by atoms with Gasteiger partial charge in [-0.05, 0) is 52.3 Å². The Balaban J connectivity index is 1.77. The highest BCUT2D eigenvalue weighted by atomic mass is 79.9. The van der Waals surface area contributed by atoms with E-state index in [2.05, 4.69) is 37.9 Å². The number of para-hydroxylation sites is 1. The van der Waals surface area contributed by atoms with Gasteiger partial charge in [-0.2, -0.15) is 5.26 Å². The molecule has 0 aliphatic heterocycles. The van der Waals surface area contributed by atoms with Crippen molar-refractivity contribution in [3.05, 3.63) is 81.1 Å². The number of hydrogen-bond donors (Lipinski definition) is 0. The van der Waals surface area contributed by atoms with E-state index in [4.69, 9.17) is 4.42 Å². The summed E-state index contributed by atoms with van der Waals surface area (Å²) in [5.74, 6) is 0.479. The molecule has 26 heavy (non-hydrogen) atoms. The van der Waals surface area contributed by atoms with Crippen molar-refractivity contribution in [3.8, 4) is 17.4 Å². The number of aromatic nitrogens is 1. The standard InChI is InChI=1S/C20H10Br2N2O2/c21-13-5-6-15(16(22)9-13)18-7-8-19(26-18)20(25)24-11-12(10-23)14-3-1-2-4-17(14)24/h1-9,11H. The van der Waals surface area contributed by atoms with Crippen molar-refractivity contribution < 1.29 is 9.21 Å². The van der Waals surface area contributed by atoms with Crippen LogP contribution < -0.4 is 0 Å². The highest BCUT2D eigenvalue weighted by Crippen LogP contribution is 2.32. The lowest BCUT2D eigenvalue weighted by Crippen LogP contribution is -2.09. The van der Waals surface area contributed by atoms with E-state index in [0.717, 1.165) is 19.9 Å². The molecule has 0 radical (unpaired) electrons. The molecule has 2 aromatic heterocycles. The Morgan fingerprint density at radius 1 is 1.08 bits per heavy atom. The third-order valence-corrected chi connectivity index (χ3v) is 5.21. The summed E-state index contributed by atoms with van der Waals surface area (Å²) in [6, 6.07) is 18.6. The van der Waals surface area contributed by atoms with Gasteiger partial charge < -0.3 is 4.42 Å². The van der Waals surface area contributed by atoms with Crippen LogP contribution in [0.15, 0.2) is 74.2 Å². The fourth-order valence-electron chi connectivity index (χ4n) is 2.84. The van der Waals surface area contributed by atoms with E-state index in [1.807, 2.05) is 42.5 Å². The van der Waals surface area contributed by atoms with Crippen molar-refractivity contribution in [2.75, 3.05) is 0 Å². The third kappa shape index (κ3) is 2.79. The molecule has 4 aromatic rings. The van der Waals surface area contributed by atoms with Crippen LogP contribution in [-0.4, -0.2) is 10.5 Å². The van der Waals surface area contributed by atoms with Crippen molar-refractivity contribution in [1.29, 1.82) is 5.26 Å². The molecule has 4 nitrogen and oxygen atoms in total. The van der Waals surface area contributed by atoms with Crippen molar-refractivity contribution in [2.24, 2.45) is 0 Å². The van der Waals surface area contributed by atoms with Crippen LogP contribution in [-0.2, 0) is 0 Å². The van der Waals surface area contributed by atoms with Gasteiger partial charge in [0, 0.05) is 26.1 Å². The lowest BCUT2D eigenvalue weighted by Gasteiger charge is -2.03. The highest BCUT2D eigenvalue weighted by Gasteiger charge is 2.19. The minimum Gasteiger partial charge on any atom is -0.451 e. The zero-order valence-corrected chi connectivity index (χ0v) is 16.4. The largest absolute Gasteiger partial charge is 0.451 e. The highest BCUT2D eigenvalue weighted by molar-refractivity contribution is 9.11. The summed E-state index contributed by atoms with van der Waals surface area (Å²) in [7, 11) is 0. The normalized spacial score (nSPS) is 10.8. The second kappa shape index (κ2) is 6.60. The van der Waals surface area contributed by atoms with Gasteiger partial charge in [0.25, 0.3) is 5.91 Å². The average molecular weight is 470 g/mol. The molecule has 0 spiro atoms. The molecule has 0 aliphatic carbocycles. The molecule has 0 atom stereocenters. The molecule has 0 amide bonds. The van der Waals surface area contributed by atoms with Gasteiger partial charge in [-0.25, -0.2) is 0 Å². The summed E-state index contributed by atoms with van der Waals surface area (Å²) in [6.07, 6.45) is 1.55. The number of rotatable bonds is 2. The van der Waals surface area contributed by atoms with E-state index in [-0.39, 0.29) is 11.7 Å². The molecular weight excluding hydrogens is 460 g/mol. The fourth-order valence-corrected chi connectivity index (χ4v) is 4.08. The number of nitrogens with zero attached hydrogens (tertiary/aromatic N) is 2. The Bertz CT molecular complexity index is 1200. The fraction of sp³-hybridized carbons (Fsp3) is 0. The van der Waals surface area contributed by atoms with Gasteiger partial charge in [0.15, 0.2) is 5.76 Å². The first-order valence-corrected chi connectivity index (χ1v) is 9.27. The van der Waals surface area contributed by atoms with Crippen molar-refractivity contribution in [1.82, 2.24) is 4.57 Å². The second-order valence-corrected chi connectivity index (χ2v) is 7.40. The van der Waals surface area contributed by atoms with Gasteiger partial charge >= 0.3 is 0 Å². The Morgan fingerprint density at radius 3 is 2.65 bits per heavy atom. The van der Waals surface area contributed by atoms with E-state index in [1.165, 1.54) is 4.57 Å². The van der Waals surface area contributed by atoms with E-state index in [1.54, 1.807) is 18.3 Å². The van der Waals surface area contributed by atoms with E-state index < -0.39 is 0 Å². The first-order valence-electron chi connectivity index (χ1n) is 7.68. The number of fused-ring (bicyclic) bond motifs is 1. The summed E-state index contributed by atoms with van der Waals surface area (Å²) < 4.78 is 9.05. The average Bonchev–Trinajstić information content (AvgIpc) is 3.26. The number of nitriles is 1. The van der Waals surface area contributed by atoms with Gasteiger partial charge in [-0.3, -0.25) is 9.36 Å². The summed E-state index contributed by atoms with van der Waals surface area (Å²) in [4.78, 5) is 12.9. The maximum Gasteiger partial charge on any atom is 0.298 e. The summed E-state index contributed by atoms with van der Waals surface area (Å²) in [5.41, 5.74) is 1.98. The Hall–Kier alpha value is -2.62. The lowest BCUT2D eigenvalue weighted by molar-refractivity contribution is 0.0938. The lowest BCUT2D eigenvalue weighted by atomic mass is 10.2. The monoisotopic (exact) mass is 468 g/mol. The van der Waals surface area contributed by atoms with Crippen LogP contribution in [0.4, 0.5) is 0 Å². The number of furan rings is 1. The zero-order chi connectivity index (χ0) is 18.3. The molecule has 0 saturated carbocycles. The maximum atomic E-state index is 12.9. The Morgan fingerprint density at radius 2 is 1.88 bits per heavy atom. The molecule has 6 heteroatoms. The summed E-state index contributed by atoms with van der Waals surface area (Å²) in [6.45, 7) is 0. The molecule has 0 N–H and O–H groups in total. The first kappa shape index (κ1) is 16.8. The van der Waals surface area contributed by atoms with E-state index in [9.17, 15) is 10.1 Å². The SMILES string of the molecule is N#Cc1cn(C(=O)c2ccc(-c3ccc(Br)cc3Br)o2)c2ccccc12. The molecule has 126 valence electrons. The first-order chi connectivity index (χ1) is 12.6. The zero-order valence-electron chi connectivity index (χ0n) is 13.2. The molecule has 0 unspecified atom stereocenters. The summed E-state index contributed by atoms with van der Waals surface area (Å²) >= 11 is 6.92. The molecule has 0 bridgehead atoms. The molecule has 2 aromatic carbocycles. The van der Waals surface area contributed by atoms with Crippen molar-refractivity contribution in [2.45, 2.75) is 0 Å². The van der Waals surface area contributed by atoms with Crippen LogP contribution in [0.3, 0.4) is 0 Å². The number of carbonyl (C=O) groups excluding carboxylic acids is 1. The molecule has 0 saturated heterocycles. The van der Waals surface area contributed by atoms with E-state index >= 15 is 0 Å². The molecule has 0 fully saturated rings. The number of hydrogen-bond acceptors (Lipinski definition) is 3. The van der Waals surface area contributed by atoms with Crippen LogP contribution in [0.1, 0.15) is 16.1 Å². The van der Waals surface area contributed by atoms with Crippen LogP contribution in [0.2, 0.25) is 0 Å². The summed E-state index contributed by atoms with van der Waals surface area (Å²) in [5, 5.41) is 10.0. The van der Waals surface area contributed by atoms with Crippen LogP contribution in [0.25, 0.3) is 22.2 Å². The van der Waals surface area contributed by atoms with Crippen molar-refractivity contribution >= 4 is 48.7 Å².